The van der Waals surface area contributed by atoms with Gasteiger partial charge in [0.1, 0.15) is 0 Å². The molecule has 4 nitrogen and oxygen atoms in total. The molecule has 0 amide bonds. The van der Waals surface area contributed by atoms with E-state index < -0.39 is 0 Å². The van der Waals surface area contributed by atoms with Gasteiger partial charge in [0.05, 0.1) is 39.6 Å². The summed E-state index contributed by atoms with van der Waals surface area (Å²) in [6.07, 6.45) is 0. The lowest BCUT2D eigenvalue weighted by Crippen LogP contribution is -2.21. The molecule has 0 rings (SSSR count). The molecule has 0 aliphatic rings. The van der Waals surface area contributed by atoms with E-state index >= 15 is 0 Å². The molecule has 0 fully saturated rings. The first-order valence-electron chi connectivity index (χ1n) is 5.16. The summed E-state index contributed by atoms with van der Waals surface area (Å²) in [4.78, 5) is 0. The van der Waals surface area contributed by atoms with Gasteiger partial charge in [-0.2, -0.15) is 0 Å². The third-order valence-corrected chi connectivity index (χ3v) is 1.62. The van der Waals surface area contributed by atoms with Crippen LogP contribution in [-0.2, 0) is 14.2 Å². The molecule has 88 valence electrons. The van der Waals surface area contributed by atoms with Crippen molar-refractivity contribution in [2.75, 3.05) is 53.2 Å². The first-order chi connectivity index (χ1) is 7.41. The first-order valence-corrected chi connectivity index (χ1v) is 5.16. The Morgan fingerprint density at radius 2 is 1.67 bits per heavy atom. The number of rotatable bonds is 10. The van der Waals surface area contributed by atoms with E-state index in [1.54, 1.807) is 7.11 Å². The highest BCUT2D eigenvalue weighted by Gasteiger charge is 1.89. The van der Waals surface area contributed by atoms with Gasteiger partial charge >= 0.3 is 0 Å². The number of hydrogen-bond acceptors (Lipinski definition) is 4. The standard InChI is InChI=1S/C11H21NO3/c1-3-4-5-12-6-7-14-10-11-15-9-8-13-2/h12H,5-11H2,1-2H3. The van der Waals surface area contributed by atoms with Gasteiger partial charge < -0.3 is 19.5 Å². The molecule has 0 aromatic heterocycles. The fraction of sp³-hybridized carbons (Fsp3) is 0.818. The molecular weight excluding hydrogens is 194 g/mol. The molecule has 0 aromatic rings. The summed E-state index contributed by atoms with van der Waals surface area (Å²) >= 11 is 0. The second kappa shape index (κ2) is 13.4. The van der Waals surface area contributed by atoms with E-state index in [9.17, 15) is 0 Å². The van der Waals surface area contributed by atoms with Crippen molar-refractivity contribution in [1.82, 2.24) is 5.32 Å². The van der Waals surface area contributed by atoms with Crippen LogP contribution in [0.15, 0.2) is 0 Å². The predicted octanol–water partition coefficient (Wildman–Crippen LogP) is 0.279. The minimum atomic E-state index is 0.623. The van der Waals surface area contributed by atoms with E-state index in [1.165, 1.54) is 0 Å². The Kier molecular flexibility index (Phi) is 12.9. The highest BCUT2D eigenvalue weighted by atomic mass is 16.5. The van der Waals surface area contributed by atoms with Crippen molar-refractivity contribution in [3.8, 4) is 11.8 Å². The Balaban J connectivity index is 2.88. The summed E-state index contributed by atoms with van der Waals surface area (Å²) in [6.45, 7) is 6.59. The largest absolute Gasteiger partial charge is 0.382 e. The van der Waals surface area contributed by atoms with Crippen molar-refractivity contribution < 1.29 is 14.2 Å². The zero-order valence-electron chi connectivity index (χ0n) is 9.67. The molecule has 15 heavy (non-hydrogen) atoms. The molecule has 0 saturated carbocycles. The average Bonchev–Trinajstić information content (AvgIpc) is 2.26. The molecular formula is C11H21NO3. The molecule has 0 radical (unpaired) electrons. The number of ether oxygens (including phenoxy) is 3. The maximum absolute atomic E-state index is 5.32. The average molecular weight is 215 g/mol. The SMILES string of the molecule is CC#CCNCCOCCOCCOC. The summed E-state index contributed by atoms with van der Waals surface area (Å²) in [5, 5.41) is 3.14. The Bertz CT molecular complexity index is 174. The van der Waals surface area contributed by atoms with E-state index in [2.05, 4.69) is 17.2 Å². The van der Waals surface area contributed by atoms with E-state index in [4.69, 9.17) is 14.2 Å². The van der Waals surface area contributed by atoms with Crippen molar-refractivity contribution in [3.63, 3.8) is 0 Å². The lowest BCUT2D eigenvalue weighted by molar-refractivity contribution is 0.0257. The molecule has 0 aliphatic carbocycles. The van der Waals surface area contributed by atoms with Crippen LogP contribution in [0.25, 0.3) is 0 Å². The van der Waals surface area contributed by atoms with Gasteiger partial charge in [-0.05, 0) is 6.92 Å². The molecule has 0 unspecified atom stereocenters. The molecule has 0 heterocycles. The molecule has 0 spiro atoms. The number of nitrogens with one attached hydrogen (secondary N) is 1. The summed E-state index contributed by atoms with van der Waals surface area (Å²) < 4.78 is 15.4. The van der Waals surface area contributed by atoms with Crippen molar-refractivity contribution in [1.29, 1.82) is 0 Å². The molecule has 0 aromatic carbocycles. The Morgan fingerprint density at radius 3 is 2.33 bits per heavy atom. The predicted molar refractivity (Wildman–Crippen MR) is 59.8 cm³/mol. The van der Waals surface area contributed by atoms with Crippen LogP contribution in [0.4, 0.5) is 0 Å². The maximum atomic E-state index is 5.32. The normalized spacial score (nSPS) is 9.73. The van der Waals surface area contributed by atoms with Crippen LogP contribution in [0.1, 0.15) is 6.92 Å². The Labute approximate surface area is 92.3 Å². The fourth-order valence-corrected chi connectivity index (χ4v) is 0.848. The van der Waals surface area contributed by atoms with E-state index in [0.29, 0.717) is 33.0 Å². The fourth-order valence-electron chi connectivity index (χ4n) is 0.848. The molecule has 4 heteroatoms. The summed E-state index contributed by atoms with van der Waals surface area (Å²) in [5.41, 5.74) is 0. The van der Waals surface area contributed by atoms with E-state index in [0.717, 1.165) is 13.1 Å². The van der Waals surface area contributed by atoms with Crippen LogP contribution in [0.3, 0.4) is 0 Å². The van der Waals surface area contributed by atoms with Gasteiger partial charge in [-0.25, -0.2) is 0 Å². The van der Waals surface area contributed by atoms with Crippen LogP contribution in [-0.4, -0.2) is 53.2 Å². The molecule has 0 aliphatic heterocycles. The monoisotopic (exact) mass is 215 g/mol. The van der Waals surface area contributed by atoms with Crippen molar-refractivity contribution in [2.24, 2.45) is 0 Å². The third-order valence-electron chi connectivity index (χ3n) is 1.62. The quantitative estimate of drug-likeness (QED) is 0.420. The summed E-state index contributed by atoms with van der Waals surface area (Å²) in [7, 11) is 1.66. The van der Waals surface area contributed by atoms with Crippen LogP contribution in [0.5, 0.6) is 0 Å². The van der Waals surface area contributed by atoms with E-state index in [-0.39, 0.29) is 0 Å². The van der Waals surface area contributed by atoms with E-state index in [1.807, 2.05) is 6.92 Å². The number of hydrogen-bond donors (Lipinski definition) is 1. The van der Waals surface area contributed by atoms with Crippen LogP contribution in [0, 0.1) is 11.8 Å². The minimum absolute atomic E-state index is 0.623. The van der Waals surface area contributed by atoms with Gasteiger partial charge in [-0.1, -0.05) is 5.92 Å². The van der Waals surface area contributed by atoms with Crippen LogP contribution < -0.4 is 5.32 Å². The number of methoxy groups -OCH3 is 1. The molecule has 0 atom stereocenters. The van der Waals surface area contributed by atoms with Gasteiger partial charge in [-0.15, -0.1) is 5.92 Å². The maximum Gasteiger partial charge on any atom is 0.0701 e. The van der Waals surface area contributed by atoms with Crippen molar-refractivity contribution in [3.05, 3.63) is 0 Å². The lowest BCUT2D eigenvalue weighted by atomic mass is 10.5. The van der Waals surface area contributed by atoms with Gasteiger partial charge in [0.2, 0.25) is 0 Å². The van der Waals surface area contributed by atoms with Gasteiger partial charge in [0.25, 0.3) is 0 Å². The molecule has 0 saturated heterocycles. The highest BCUT2D eigenvalue weighted by molar-refractivity contribution is 4.96. The lowest BCUT2D eigenvalue weighted by Gasteiger charge is -2.05. The second-order valence-electron chi connectivity index (χ2n) is 2.82. The van der Waals surface area contributed by atoms with Crippen LogP contribution in [0.2, 0.25) is 0 Å². The summed E-state index contributed by atoms with van der Waals surface area (Å²) in [5.74, 6) is 5.73. The molecule has 0 bridgehead atoms. The first kappa shape index (κ1) is 14.4. The van der Waals surface area contributed by atoms with Gasteiger partial charge in [-0.3, -0.25) is 0 Å². The minimum Gasteiger partial charge on any atom is -0.382 e. The third kappa shape index (κ3) is 13.4. The summed E-state index contributed by atoms with van der Waals surface area (Å²) in [6, 6.07) is 0. The Hall–Kier alpha value is -0.600. The smallest absolute Gasteiger partial charge is 0.0701 e. The van der Waals surface area contributed by atoms with Crippen molar-refractivity contribution >= 4 is 0 Å². The highest BCUT2D eigenvalue weighted by Crippen LogP contribution is 1.78. The molecule has 1 N–H and O–H groups in total. The zero-order valence-corrected chi connectivity index (χ0v) is 9.67. The van der Waals surface area contributed by atoms with Gasteiger partial charge in [0.15, 0.2) is 0 Å². The van der Waals surface area contributed by atoms with Gasteiger partial charge in [0, 0.05) is 13.7 Å². The second-order valence-corrected chi connectivity index (χ2v) is 2.82. The zero-order chi connectivity index (χ0) is 11.2. The van der Waals surface area contributed by atoms with Crippen molar-refractivity contribution in [2.45, 2.75) is 6.92 Å². The Morgan fingerprint density at radius 1 is 1.00 bits per heavy atom. The van der Waals surface area contributed by atoms with Crippen LogP contribution >= 0.6 is 0 Å². The topological polar surface area (TPSA) is 39.7 Å².